The van der Waals surface area contributed by atoms with E-state index in [-0.39, 0.29) is 46.5 Å². The van der Waals surface area contributed by atoms with Gasteiger partial charge >= 0.3 is 5.97 Å². The Hall–Kier alpha value is -3.98. The Kier molecular flexibility index (Phi) is 6.21. The fourth-order valence-electron chi connectivity index (χ4n) is 3.62. The normalized spacial score (nSPS) is 12.8. The number of aromatic nitrogens is 1. The maximum absolute atomic E-state index is 13.0. The molecule has 34 heavy (non-hydrogen) atoms. The predicted octanol–water partition coefficient (Wildman–Crippen LogP) is 4.43. The smallest absolute Gasteiger partial charge is 0.346 e. The molecule has 0 bridgehead atoms. The minimum atomic E-state index is -0.730. The highest BCUT2D eigenvalue weighted by atomic mass is 35.5. The first-order valence-electron chi connectivity index (χ1n) is 10.5. The molecule has 0 saturated heterocycles. The van der Waals surface area contributed by atoms with Gasteiger partial charge in [0.25, 0.3) is 17.7 Å². The van der Waals surface area contributed by atoms with Crippen LogP contribution in [0, 0.1) is 0 Å². The summed E-state index contributed by atoms with van der Waals surface area (Å²) >= 11 is 5.94. The lowest BCUT2D eigenvalue weighted by molar-refractivity contribution is 0.0526. The number of benzene rings is 2. The second kappa shape index (κ2) is 9.11. The molecule has 1 aromatic heterocycles. The van der Waals surface area contributed by atoms with Crippen LogP contribution in [-0.2, 0) is 4.74 Å². The van der Waals surface area contributed by atoms with Crippen molar-refractivity contribution in [1.29, 1.82) is 0 Å². The molecule has 0 fully saturated rings. The van der Waals surface area contributed by atoms with E-state index in [2.05, 4.69) is 10.5 Å². The van der Waals surface area contributed by atoms with Gasteiger partial charge in [-0.25, -0.2) is 4.79 Å². The quantitative estimate of drug-likeness (QED) is 0.408. The number of anilines is 1. The number of nitrogens with zero attached hydrogens (tertiary/aromatic N) is 2. The SMILES string of the molecule is CCOC(=O)c1c(-c2ccc(Cl)cc2)noc1NC(=O)c1ccc2c(c1)C(=O)N(C(C)C)C2=O. The number of carbonyl (C=O) groups excluding carboxylic acids is 4. The van der Waals surface area contributed by atoms with Crippen LogP contribution in [0.15, 0.2) is 47.0 Å². The highest BCUT2D eigenvalue weighted by molar-refractivity contribution is 6.30. The minimum absolute atomic E-state index is 0.0593. The molecular formula is C24H20ClN3O6. The van der Waals surface area contributed by atoms with E-state index in [9.17, 15) is 19.2 Å². The van der Waals surface area contributed by atoms with Crippen molar-refractivity contribution in [3.05, 3.63) is 69.7 Å². The number of halogens is 1. The van der Waals surface area contributed by atoms with Gasteiger partial charge in [-0.2, -0.15) is 0 Å². The zero-order valence-electron chi connectivity index (χ0n) is 18.5. The topological polar surface area (TPSA) is 119 Å². The number of hydrogen-bond donors (Lipinski definition) is 1. The Morgan fingerprint density at radius 2 is 1.76 bits per heavy atom. The van der Waals surface area contributed by atoms with Gasteiger partial charge in [-0.15, -0.1) is 0 Å². The van der Waals surface area contributed by atoms with Crippen LogP contribution in [0.3, 0.4) is 0 Å². The van der Waals surface area contributed by atoms with Gasteiger partial charge in [-0.3, -0.25) is 24.6 Å². The highest BCUT2D eigenvalue weighted by Crippen LogP contribution is 2.31. The molecule has 2 heterocycles. The predicted molar refractivity (Wildman–Crippen MR) is 123 cm³/mol. The minimum Gasteiger partial charge on any atom is -0.462 e. The number of amides is 3. The van der Waals surface area contributed by atoms with Crippen molar-refractivity contribution in [2.24, 2.45) is 0 Å². The molecule has 1 N–H and O–H groups in total. The molecule has 0 spiro atoms. The van der Waals surface area contributed by atoms with Gasteiger partial charge in [-0.1, -0.05) is 28.9 Å². The number of fused-ring (bicyclic) bond motifs is 1. The molecule has 3 aromatic rings. The number of nitrogens with one attached hydrogen (secondary N) is 1. The molecule has 0 atom stereocenters. The van der Waals surface area contributed by atoms with E-state index in [0.717, 1.165) is 4.90 Å². The van der Waals surface area contributed by atoms with Crippen LogP contribution in [0.5, 0.6) is 0 Å². The van der Waals surface area contributed by atoms with E-state index in [4.69, 9.17) is 20.9 Å². The summed E-state index contributed by atoms with van der Waals surface area (Å²) in [4.78, 5) is 51.9. The zero-order chi connectivity index (χ0) is 24.6. The van der Waals surface area contributed by atoms with Crippen molar-refractivity contribution in [2.45, 2.75) is 26.8 Å². The lowest BCUT2D eigenvalue weighted by Crippen LogP contribution is -2.35. The lowest BCUT2D eigenvalue weighted by Gasteiger charge is -2.17. The van der Waals surface area contributed by atoms with Crippen LogP contribution in [0.2, 0.25) is 5.02 Å². The monoisotopic (exact) mass is 481 g/mol. The molecule has 10 heteroatoms. The standard InChI is InChI=1S/C24H20ClN3O6/c1-4-33-24(32)18-19(13-5-8-15(25)9-6-13)27-34-21(18)26-20(29)14-7-10-16-17(11-14)23(31)28(12(2)3)22(16)30/h5-12H,4H2,1-3H3,(H,26,29). The van der Waals surface area contributed by atoms with Crippen molar-refractivity contribution in [3.8, 4) is 11.3 Å². The Bertz CT molecular complexity index is 1310. The third-order valence-corrected chi connectivity index (χ3v) is 5.46. The van der Waals surface area contributed by atoms with Gasteiger partial charge in [-0.05, 0) is 51.1 Å². The van der Waals surface area contributed by atoms with Crippen LogP contribution in [-0.4, -0.2) is 46.4 Å². The van der Waals surface area contributed by atoms with Crippen LogP contribution in [0.1, 0.15) is 62.2 Å². The molecule has 174 valence electrons. The van der Waals surface area contributed by atoms with E-state index < -0.39 is 23.7 Å². The van der Waals surface area contributed by atoms with Crippen LogP contribution < -0.4 is 5.32 Å². The van der Waals surface area contributed by atoms with Gasteiger partial charge < -0.3 is 9.26 Å². The summed E-state index contributed by atoms with van der Waals surface area (Å²) in [6, 6.07) is 10.4. The van der Waals surface area contributed by atoms with E-state index in [1.54, 1.807) is 45.0 Å². The number of esters is 1. The van der Waals surface area contributed by atoms with Gasteiger partial charge in [0.2, 0.25) is 5.88 Å². The van der Waals surface area contributed by atoms with Crippen LogP contribution in [0.25, 0.3) is 11.3 Å². The van der Waals surface area contributed by atoms with Crippen molar-refractivity contribution >= 4 is 41.2 Å². The molecule has 0 unspecified atom stereocenters. The van der Waals surface area contributed by atoms with Gasteiger partial charge in [0.15, 0.2) is 5.56 Å². The third-order valence-electron chi connectivity index (χ3n) is 5.21. The Balaban J connectivity index is 1.67. The summed E-state index contributed by atoms with van der Waals surface area (Å²) < 4.78 is 10.4. The van der Waals surface area contributed by atoms with Gasteiger partial charge in [0, 0.05) is 22.2 Å². The summed E-state index contributed by atoms with van der Waals surface area (Å²) in [5.74, 6) is -2.47. The molecule has 9 nitrogen and oxygen atoms in total. The third kappa shape index (κ3) is 4.06. The van der Waals surface area contributed by atoms with Crippen LogP contribution >= 0.6 is 11.6 Å². The second-order valence-corrected chi connectivity index (χ2v) is 8.19. The second-order valence-electron chi connectivity index (χ2n) is 7.75. The number of ether oxygens (including phenoxy) is 1. The maximum atomic E-state index is 13.0. The molecule has 0 saturated carbocycles. The van der Waals surface area contributed by atoms with E-state index in [0.29, 0.717) is 10.6 Å². The first-order chi connectivity index (χ1) is 16.2. The largest absolute Gasteiger partial charge is 0.462 e. The van der Waals surface area contributed by atoms with Crippen molar-refractivity contribution in [1.82, 2.24) is 10.1 Å². The van der Waals surface area contributed by atoms with Crippen molar-refractivity contribution in [3.63, 3.8) is 0 Å². The number of rotatable bonds is 6. The van der Waals surface area contributed by atoms with Gasteiger partial charge in [0.05, 0.1) is 17.7 Å². The maximum Gasteiger partial charge on any atom is 0.346 e. The number of hydrogen-bond acceptors (Lipinski definition) is 7. The zero-order valence-corrected chi connectivity index (χ0v) is 19.3. The first kappa shape index (κ1) is 23.2. The highest BCUT2D eigenvalue weighted by Gasteiger charge is 2.37. The van der Waals surface area contributed by atoms with Crippen molar-refractivity contribution in [2.75, 3.05) is 11.9 Å². The summed E-state index contributed by atoms with van der Waals surface area (Å²) in [7, 11) is 0. The van der Waals surface area contributed by atoms with E-state index >= 15 is 0 Å². The Morgan fingerprint density at radius 3 is 2.41 bits per heavy atom. The van der Waals surface area contributed by atoms with Crippen LogP contribution in [0.4, 0.5) is 5.88 Å². The van der Waals surface area contributed by atoms with E-state index in [1.165, 1.54) is 18.2 Å². The molecule has 2 aromatic carbocycles. The van der Waals surface area contributed by atoms with Gasteiger partial charge in [0.1, 0.15) is 5.69 Å². The molecule has 1 aliphatic heterocycles. The summed E-state index contributed by atoms with van der Waals surface area (Å²) in [6.45, 7) is 5.21. The number of carbonyl (C=O) groups is 4. The molecular weight excluding hydrogens is 462 g/mol. The lowest BCUT2D eigenvalue weighted by atomic mass is 10.0. The summed E-state index contributed by atoms with van der Waals surface area (Å²) in [6.07, 6.45) is 0. The molecule has 0 radical (unpaired) electrons. The number of imide groups is 1. The average molecular weight is 482 g/mol. The first-order valence-corrected chi connectivity index (χ1v) is 10.9. The average Bonchev–Trinajstić information content (AvgIpc) is 3.33. The molecule has 1 aliphatic rings. The molecule has 4 rings (SSSR count). The van der Waals surface area contributed by atoms with E-state index in [1.807, 2.05) is 0 Å². The Morgan fingerprint density at radius 1 is 1.09 bits per heavy atom. The summed E-state index contributed by atoms with van der Waals surface area (Å²) in [5, 5.41) is 6.95. The van der Waals surface area contributed by atoms with Crippen molar-refractivity contribution < 1.29 is 28.4 Å². The fourth-order valence-corrected chi connectivity index (χ4v) is 3.74. The fraction of sp³-hybridized carbons (Fsp3) is 0.208. The molecule has 3 amide bonds. The summed E-state index contributed by atoms with van der Waals surface area (Å²) in [5.41, 5.74) is 1.11. The molecule has 0 aliphatic carbocycles. The Labute approximate surface area is 199 Å².